The SMILES string of the molecule is CNC(C(=O)C(C=O)(NC)NC)C(OC(=O)OC(C(C)COCc1ccccc1)C(NC)C(=O)C(C=O)(NC)NC)C(C)COCc1ccccc1. The number of rotatable bonds is 26. The molecule has 0 bridgehead atoms. The van der Waals surface area contributed by atoms with Crippen molar-refractivity contribution in [3.05, 3.63) is 71.8 Å². The standard InChI is InChI=1S/C37H56N6O9/c1-25(19-49-21-27-15-11-9-12-16-27)31(29(38-3)33(46)36(23-44,40-5)41-6)51-35(48)52-32(26(2)20-50-22-28-17-13-10-14-18-28)30(39-4)34(47)37(24-45,42-7)43-8/h9-18,23-26,29-32,38-43H,19-22H2,1-8H3. The maximum atomic E-state index is 13.9. The second kappa shape index (κ2) is 22.2. The van der Waals surface area contributed by atoms with Crippen LogP contribution in [0.1, 0.15) is 25.0 Å². The van der Waals surface area contributed by atoms with Crippen LogP contribution in [-0.2, 0) is 51.3 Å². The van der Waals surface area contributed by atoms with Crippen molar-refractivity contribution in [2.45, 2.75) is 62.7 Å². The number of aldehydes is 2. The van der Waals surface area contributed by atoms with E-state index in [-0.39, 0.29) is 26.4 Å². The summed E-state index contributed by atoms with van der Waals surface area (Å²) in [6, 6.07) is 16.5. The van der Waals surface area contributed by atoms with Crippen LogP contribution >= 0.6 is 0 Å². The minimum Gasteiger partial charge on any atom is -0.428 e. The first-order valence-electron chi connectivity index (χ1n) is 17.2. The highest BCUT2D eigenvalue weighted by Gasteiger charge is 2.48. The molecule has 15 heteroatoms. The zero-order valence-electron chi connectivity index (χ0n) is 31.4. The lowest BCUT2D eigenvalue weighted by Gasteiger charge is -2.37. The third kappa shape index (κ3) is 11.5. The van der Waals surface area contributed by atoms with Crippen molar-refractivity contribution in [2.24, 2.45) is 11.8 Å². The summed E-state index contributed by atoms with van der Waals surface area (Å²) in [4.78, 5) is 66.1. The fourth-order valence-electron chi connectivity index (χ4n) is 5.81. The van der Waals surface area contributed by atoms with Crippen molar-refractivity contribution in [1.82, 2.24) is 31.9 Å². The van der Waals surface area contributed by atoms with E-state index in [0.29, 0.717) is 12.6 Å². The van der Waals surface area contributed by atoms with Crippen LogP contribution in [0.15, 0.2) is 60.7 Å². The van der Waals surface area contributed by atoms with Crippen molar-refractivity contribution < 1.29 is 42.9 Å². The lowest BCUT2D eigenvalue weighted by atomic mass is 9.89. The molecule has 0 aliphatic carbocycles. The third-order valence-corrected chi connectivity index (χ3v) is 9.12. The van der Waals surface area contributed by atoms with Gasteiger partial charge in [-0.2, -0.15) is 0 Å². The number of Topliss-reactive ketones (excluding diaryl/α,β-unsaturated/α-hetero) is 2. The second-order valence-corrected chi connectivity index (χ2v) is 12.5. The van der Waals surface area contributed by atoms with E-state index >= 15 is 0 Å². The lowest BCUT2D eigenvalue weighted by Crippen LogP contribution is -2.69. The van der Waals surface area contributed by atoms with E-state index in [4.69, 9.17) is 18.9 Å². The zero-order chi connectivity index (χ0) is 38.7. The number of ketones is 2. The first kappa shape index (κ1) is 44.2. The molecule has 2 aromatic rings. The van der Waals surface area contributed by atoms with Crippen LogP contribution in [0, 0.1) is 11.8 Å². The highest BCUT2D eigenvalue weighted by molar-refractivity contribution is 6.06. The fourth-order valence-corrected chi connectivity index (χ4v) is 5.81. The van der Waals surface area contributed by atoms with Crippen molar-refractivity contribution in [3.8, 4) is 0 Å². The number of nitrogens with one attached hydrogen (secondary N) is 6. The molecule has 6 N–H and O–H groups in total. The van der Waals surface area contributed by atoms with Crippen LogP contribution in [0.25, 0.3) is 0 Å². The van der Waals surface area contributed by atoms with Crippen LogP contribution in [0.3, 0.4) is 0 Å². The number of likely N-dealkylation sites (N-methyl/N-ethyl adjacent to an activating group) is 6. The summed E-state index contributed by atoms with van der Waals surface area (Å²) in [5.41, 5.74) is -1.78. The number of hydrogen-bond donors (Lipinski definition) is 6. The lowest BCUT2D eigenvalue weighted by molar-refractivity contribution is -0.138. The predicted octanol–water partition coefficient (Wildman–Crippen LogP) is 0.565. The molecule has 0 amide bonds. The van der Waals surface area contributed by atoms with Gasteiger partial charge in [-0.15, -0.1) is 0 Å². The number of benzene rings is 2. The van der Waals surface area contributed by atoms with Gasteiger partial charge in [-0.3, -0.25) is 40.4 Å². The van der Waals surface area contributed by atoms with E-state index in [1.165, 1.54) is 42.3 Å². The molecular formula is C37H56N6O9. The van der Waals surface area contributed by atoms with Gasteiger partial charge in [0.1, 0.15) is 24.3 Å². The molecule has 0 spiro atoms. The van der Waals surface area contributed by atoms with Crippen LogP contribution in [0.4, 0.5) is 4.79 Å². The van der Waals surface area contributed by atoms with Crippen molar-refractivity contribution in [1.29, 1.82) is 0 Å². The maximum absolute atomic E-state index is 13.9. The topological polar surface area (TPSA) is 194 Å². The monoisotopic (exact) mass is 728 g/mol. The second-order valence-electron chi connectivity index (χ2n) is 12.5. The number of ether oxygens (including phenoxy) is 4. The molecule has 0 aliphatic rings. The predicted molar refractivity (Wildman–Crippen MR) is 195 cm³/mol. The molecular weight excluding hydrogens is 672 g/mol. The minimum absolute atomic E-state index is 0.0580. The molecule has 0 aromatic heterocycles. The molecule has 52 heavy (non-hydrogen) atoms. The van der Waals surface area contributed by atoms with E-state index in [0.717, 1.165) is 11.1 Å². The first-order chi connectivity index (χ1) is 25.0. The van der Waals surface area contributed by atoms with Gasteiger partial charge in [-0.1, -0.05) is 74.5 Å². The summed E-state index contributed by atoms with van der Waals surface area (Å²) in [5, 5.41) is 16.7. The van der Waals surface area contributed by atoms with E-state index < -0.39 is 65.2 Å². The molecule has 0 radical (unpaired) electrons. The Morgan fingerprint density at radius 2 is 0.923 bits per heavy atom. The van der Waals surface area contributed by atoms with E-state index in [9.17, 15) is 24.0 Å². The van der Waals surface area contributed by atoms with E-state index in [1.807, 2.05) is 60.7 Å². The summed E-state index contributed by atoms with van der Waals surface area (Å²) < 4.78 is 23.8. The molecule has 0 saturated carbocycles. The Hall–Kier alpha value is -3.93. The maximum Gasteiger partial charge on any atom is 0.508 e. The molecule has 2 aromatic carbocycles. The molecule has 0 aliphatic heterocycles. The normalized spacial score (nSPS) is 15.4. The van der Waals surface area contributed by atoms with Crippen molar-refractivity contribution in [3.63, 3.8) is 0 Å². The average Bonchev–Trinajstić information content (AvgIpc) is 3.17. The van der Waals surface area contributed by atoms with Crippen LogP contribution in [-0.4, -0.2) is 121 Å². The fraction of sp³-hybridized carbons (Fsp3) is 0.541. The minimum atomic E-state index is -1.81. The molecule has 288 valence electrons. The number of hydrogen-bond acceptors (Lipinski definition) is 15. The highest BCUT2D eigenvalue weighted by atomic mass is 16.7. The van der Waals surface area contributed by atoms with Crippen molar-refractivity contribution in [2.75, 3.05) is 55.5 Å². The Bertz CT molecular complexity index is 1290. The number of carbonyl (C=O) groups is 5. The van der Waals surface area contributed by atoms with Gasteiger partial charge in [0.25, 0.3) is 0 Å². The molecule has 6 unspecified atom stereocenters. The summed E-state index contributed by atoms with van der Waals surface area (Å²) in [6.45, 7) is 4.10. The Balaban J connectivity index is 2.46. The largest absolute Gasteiger partial charge is 0.508 e. The van der Waals surface area contributed by atoms with E-state index in [2.05, 4.69) is 31.9 Å². The van der Waals surface area contributed by atoms with Gasteiger partial charge >= 0.3 is 6.16 Å². The summed E-state index contributed by atoms with van der Waals surface area (Å²) in [7, 11) is 8.79. The van der Waals surface area contributed by atoms with Gasteiger partial charge in [-0.25, -0.2) is 4.79 Å². The van der Waals surface area contributed by atoms with Gasteiger partial charge in [-0.05, 0) is 53.4 Å². The average molecular weight is 729 g/mol. The Morgan fingerprint density at radius 1 is 0.596 bits per heavy atom. The van der Waals surface area contributed by atoms with Gasteiger partial charge in [0.05, 0.1) is 26.4 Å². The Labute approximate surface area is 306 Å². The van der Waals surface area contributed by atoms with Crippen molar-refractivity contribution >= 4 is 30.3 Å². The summed E-state index contributed by atoms with van der Waals surface area (Å²) >= 11 is 0. The molecule has 0 fully saturated rings. The van der Waals surface area contributed by atoms with Crippen LogP contribution in [0.5, 0.6) is 0 Å². The molecule has 6 atom stereocenters. The molecule has 15 nitrogen and oxygen atoms in total. The Morgan fingerprint density at radius 3 is 1.19 bits per heavy atom. The Kier molecular flexibility index (Phi) is 18.9. The summed E-state index contributed by atoms with van der Waals surface area (Å²) in [6.07, 6.45) is -2.77. The van der Waals surface area contributed by atoms with Gasteiger partial charge in [0.2, 0.25) is 0 Å². The molecule has 0 saturated heterocycles. The summed E-state index contributed by atoms with van der Waals surface area (Å²) in [5.74, 6) is -2.52. The zero-order valence-corrected chi connectivity index (χ0v) is 31.4. The first-order valence-corrected chi connectivity index (χ1v) is 17.2. The van der Waals surface area contributed by atoms with Gasteiger partial charge in [0.15, 0.2) is 35.5 Å². The number of carbonyl (C=O) groups excluding carboxylic acids is 5. The van der Waals surface area contributed by atoms with Crippen LogP contribution < -0.4 is 31.9 Å². The quantitative estimate of drug-likeness (QED) is 0.0340. The van der Waals surface area contributed by atoms with E-state index in [1.54, 1.807) is 13.8 Å². The van der Waals surface area contributed by atoms with Gasteiger partial charge < -0.3 is 29.6 Å². The highest BCUT2D eigenvalue weighted by Crippen LogP contribution is 2.22. The molecule has 2 rings (SSSR count). The smallest absolute Gasteiger partial charge is 0.428 e. The third-order valence-electron chi connectivity index (χ3n) is 9.12. The van der Waals surface area contributed by atoms with Gasteiger partial charge in [0, 0.05) is 11.8 Å². The molecule has 0 heterocycles. The van der Waals surface area contributed by atoms with Crippen LogP contribution in [0.2, 0.25) is 0 Å².